The van der Waals surface area contributed by atoms with Gasteiger partial charge in [-0.05, 0) is 29.7 Å². The summed E-state index contributed by atoms with van der Waals surface area (Å²) in [5.41, 5.74) is 9.19. The average molecular weight is 284 g/mol. The number of carbonyl (C=O) groups excluding carboxylic acids is 1. The van der Waals surface area contributed by atoms with Crippen LogP contribution in [0.5, 0.6) is 0 Å². The first-order valence-corrected chi connectivity index (χ1v) is 6.48. The molecular weight excluding hydrogens is 268 g/mol. The Hall–Kier alpha value is -2.82. The number of hydrogen-bond acceptors (Lipinski definition) is 4. The summed E-state index contributed by atoms with van der Waals surface area (Å²) in [7, 11) is 0. The molecule has 0 heterocycles. The van der Waals surface area contributed by atoms with Crippen LogP contribution >= 0.6 is 0 Å². The highest BCUT2D eigenvalue weighted by atomic mass is 16.4. The minimum atomic E-state index is -1.46. The van der Waals surface area contributed by atoms with Crippen LogP contribution in [-0.4, -0.2) is 23.4 Å². The first-order chi connectivity index (χ1) is 10.1. The lowest BCUT2D eigenvalue weighted by atomic mass is 10.0. The molecular formula is C16H16N2O3. The van der Waals surface area contributed by atoms with Gasteiger partial charge in [0.1, 0.15) is 0 Å². The minimum absolute atomic E-state index is 0.280. The fourth-order valence-electron chi connectivity index (χ4n) is 1.97. The molecule has 5 nitrogen and oxygen atoms in total. The van der Waals surface area contributed by atoms with E-state index in [0.717, 1.165) is 12.0 Å². The lowest BCUT2D eigenvalue weighted by molar-refractivity contribution is -0.148. The van der Waals surface area contributed by atoms with Gasteiger partial charge in [0.05, 0.1) is 17.9 Å². The van der Waals surface area contributed by atoms with Gasteiger partial charge in [-0.1, -0.05) is 36.4 Å². The largest absolute Gasteiger partial charge is 0.475 e. The Morgan fingerprint density at radius 1 is 1.05 bits per heavy atom. The second-order valence-corrected chi connectivity index (χ2v) is 4.67. The number of carboxylic acid groups (broad SMARTS) is 1. The molecule has 0 aliphatic heterocycles. The molecule has 0 radical (unpaired) electrons. The first-order valence-electron chi connectivity index (χ1n) is 6.48. The predicted molar refractivity (Wildman–Crippen MR) is 81.2 cm³/mol. The molecule has 2 aromatic carbocycles. The number of nitrogens with one attached hydrogen (secondary N) is 1. The Kier molecular flexibility index (Phi) is 4.56. The SMILES string of the molecule is Nc1cc(Cc2ccccc2)ccc1NCC(=O)C(=O)O. The van der Waals surface area contributed by atoms with Crippen LogP contribution in [0.15, 0.2) is 48.5 Å². The summed E-state index contributed by atoms with van der Waals surface area (Å²) < 4.78 is 0. The van der Waals surface area contributed by atoms with E-state index in [4.69, 9.17) is 10.8 Å². The van der Waals surface area contributed by atoms with Crippen molar-refractivity contribution >= 4 is 23.1 Å². The summed E-state index contributed by atoms with van der Waals surface area (Å²) in [6.07, 6.45) is 0.763. The maximum atomic E-state index is 11.0. The fourth-order valence-corrected chi connectivity index (χ4v) is 1.97. The van der Waals surface area contributed by atoms with Crippen molar-refractivity contribution in [2.45, 2.75) is 6.42 Å². The number of aliphatic carboxylic acids is 1. The van der Waals surface area contributed by atoms with Crippen LogP contribution in [0, 0.1) is 0 Å². The molecule has 2 aromatic rings. The van der Waals surface area contributed by atoms with Gasteiger partial charge in [0.2, 0.25) is 0 Å². The zero-order chi connectivity index (χ0) is 15.2. The summed E-state index contributed by atoms with van der Waals surface area (Å²) in [6, 6.07) is 15.5. The fraction of sp³-hybridized carbons (Fsp3) is 0.125. The van der Waals surface area contributed by atoms with E-state index in [1.807, 2.05) is 42.5 Å². The Morgan fingerprint density at radius 2 is 1.76 bits per heavy atom. The van der Waals surface area contributed by atoms with E-state index in [9.17, 15) is 9.59 Å². The lowest BCUT2D eigenvalue weighted by Crippen LogP contribution is -2.22. The van der Waals surface area contributed by atoms with E-state index >= 15 is 0 Å². The van der Waals surface area contributed by atoms with Gasteiger partial charge in [0, 0.05) is 0 Å². The number of hydrogen-bond donors (Lipinski definition) is 3. The van der Waals surface area contributed by atoms with Crippen LogP contribution in [0.4, 0.5) is 11.4 Å². The smallest absolute Gasteiger partial charge is 0.374 e. The normalized spacial score (nSPS) is 10.1. The first kappa shape index (κ1) is 14.6. The molecule has 0 unspecified atom stereocenters. The number of carbonyl (C=O) groups is 2. The number of benzene rings is 2. The van der Waals surface area contributed by atoms with Crippen molar-refractivity contribution in [1.82, 2.24) is 0 Å². The maximum Gasteiger partial charge on any atom is 0.374 e. The molecule has 0 fully saturated rings. The van der Waals surface area contributed by atoms with Gasteiger partial charge >= 0.3 is 5.97 Å². The second-order valence-electron chi connectivity index (χ2n) is 4.67. The molecule has 0 aliphatic carbocycles. The number of nitrogens with two attached hydrogens (primary N) is 1. The van der Waals surface area contributed by atoms with Gasteiger partial charge in [-0.15, -0.1) is 0 Å². The summed E-state index contributed by atoms with van der Waals surface area (Å²) in [5.74, 6) is -2.36. The molecule has 0 bridgehead atoms. The Balaban J connectivity index is 2.04. The van der Waals surface area contributed by atoms with E-state index in [2.05, 4.69) is 5.32 Å². The van der Waals surface area contributed by atoms with Crippen LogP contribution in [0.25, 0.3) is 0 Å². The zero-order valence-corrected chi connectivity index (χ0v) is 11.4. The predicted octanol–water partition coefficient (Wildman–Crippen LogP) is 1.93. The van der Waals surface area contributed by atoms with Crippen molar-refractivity contribution in [1.29, 1.82) is 0 Å². The molecule has 5 heteroatoms. The molecule has 0 spiro atoms. The van der Waals surface area contributed by atoms with Crippen LogP contribution in [0.3, 0.4) is 0 Å². The van der Waals surface area contributed by atoms with E-state index in [1.165, 1.54) is 5.56 Å². The number of nitrogen functional groups attached to an aromatic ring is 1. The molecule has 0 saturated carbocycles. The summed E-state index contributed by atoms with van der Waals surface area (Å²) in [4.78, 5) is 21.5. The topological polar surface area (TPSA) is 92.4 Å². The number of carboxylic acids is 1. The van der Waals surface area contributed by atoms with E-state index in [-0.39, 0.29) is 6.54 Å². The highest BCUT2D eigenvalue weighted by Gasteiger charge is 2.11. The molecule has 108 valence electrons. The van der Waals surface area contributed by atoms with Crippen molar-refractivity contribution in [3.63, 3.8) is 0 Å². The summed E-state index contributed by atoms with van der Waals surface area (Å²) in [5, 5.41) is 11.2. The quantitative estimate of drug-likeness (QED) is 0.557. The monoisotopic (exact) mass is 284 g/mol. The van der Waals surface area contributed by atoms with Gasteiger partial charge < -0.3 is 16.2 Å². The van der Waals surface area contributed by atoms with E-state index in [0.29, 0.717) is 11.4 Å². The Labute approximate surface area is 122 Å². The number of rotatable bonds is 6. The molecule has 0 saturated heterocycles. The third-order valence-electron chi connectivity index (χ3n) is 3.04. The van der Waals surface area contributed by atoms with Gasteiger partial charge in [-0.25, -0.2) is 4.79 Å². The molecule has 2 rings (SSSR count). The molecule has 0 aromatic heterocycles. The zero-order valence-electron chi connectivity index (χ0n) is 11.4. The standard InChI is InChI=1S/C16H16N2O3/c17-13-9-12(8-11-4-2-1-3-5-11)6-7-14(13)18-10-15(19)16(20)21/h1-7,9,18H,8,10,17H2,(H,20,21). The molecule has 21 heavy (non-hydrogen) atoms. The van der Waals surface area contributed by atoms with Crippen molar-refractivity contribution in [3.05, 3.63) is 59.7 Å². The Morgan fingerprint density at radius 3 is 2.38 bits per heavy atom. The van der Waals surface area contributed by atoms with E-state index in [1.54, 1.807) is 6.07 Å². The Bertz CT molecular complexity index is 654. The van der Waals surface area contributed by atoms with Crippen LogP contribution in [0.1, 0.15) is 11.1 Å². The van der Waals surface area contributed by atoms with Crippen LogP contribution < -0.4 is 11.1 Å². The highest BCUT2D eigenvalue weighted by Crippen LogP contribution is 2.21. The molecule has 0 amide bonds. The molecule has 0 atom stereocenters. The van der Waals surface area contributed by atoms with Crippen LogP contribution in [-0.2, 0) is 16.0 Å². The lowest BCUT2D eigenvalue weighted by Gasteiger charge is -2.10. The van der Waals surface area contributed by atoms with Gasteiger partial charge in [0.25, 0.3) is 5.78 Å². The van der Waals surface area contributed by atoms with Crippen molar-refractivity contribution in [3.8, 4) is 0 Å². The second kappa shape index (κ2) is 6.56. The third kappa shape index (κ3) is 4.07. The van der Waals surface area contributed by atoms with Crippen molar-refractivity contribution < 1.29 is 14.7 Å². The van der Waals surface area contributed by atoms with Crippen molar-refractivity contribution in [2.75, 3.05) is 17.6 Å². The van der Waals surface area contributed by atoms with Crippen molar-refractivity contribution in [2.24, 2.45) is 0 Å². The number of ketones is 1. The minimum Gasteiger partial charge on any atom is -0.475 e. The third-order valence-corrected chi connectivity index (χ3v) is 3.04. The van der Waals surface area contributed by atoms with Gasteiger partial charge in [-0.2, -0.15) is 0 Å². The van der Waals surface area contributed by atoms with Gasteiger partial charge in [-0.3, -0.25) is 4.79 Å². The summed E-state index contributed by atoms with van der Waals surface area (Å²) >= 11 is 0. The maximum absolute atomic E-state index is 11.0. The molecule has 4 N–H and O–H groups in total. The number of anilines is 2. The number of Topliss-reactive ketones (excluding diaryl/α,β-unsaturated/α-hetero) is 1. The highest BCUT2D eigenvalue weighted by molar-refractivity contribution is 6.34. The van der Waals surface area contributed by atoms with Crippen LogP contribution in [0.2, 0.25) is 0 Å². The van der Waals surface area contributed by atoms with Gasteiger partial charge in [0.15, 0.2) is 0 Å². The summed E-state index contributed by atoms with van der Waals surface area (Å²) in [6.45, 7) is -0.280. The average Bonchev–Trinajstić information content (AvgIpc) is 2.47. The van der Waals surface area contributed by atoms with E-state index < -0.39 is 11.8 Å². The molecule has 0 aliphatic rings.